The van der Waals surface area contributed by atoms with Gasteiger partial charge in [-0.3, -0.25) is 14.9 Å². The van der Waals surface area contributed by atoms with Crippen molar-refractivity contribution in [1.29, 1.82) is 0 Å². The van der Waals surface area contributed by atoms with Crippen molar-refractivity contribution in [3.63, 3.8) is 0 Å². The molecular weight excluding hydrogens is 548 g/mol. The summed E-state index contributed by atoms with van der Waals surface area (Å²) in [6, 6.07) is 17.9. The van der Waals surface area contributed by atoms with Crippen LogP contribution in [0.2, 0.25) is 5.02 Å². The van der Waals surface area contributed by atoms with Crippen molar-refractivity contribution >= 4 is 57.1 Å². The van der Waals surface area contributed by atoms with Gasteiger partial charge in [-0.25, -0.2) is 9.69 Å². The van der Waals surface area contributed by atoms with Crippen LogP contribution in [0, 0.1) is 12.3 Å². The highest BCUT2D eigenvalue weighted by atomic mass is 79.9. The van der Waals surface area contributed by atoms with Crippen LogP contribution in [0.3, 0.4) is 0 Å². The zero-order chi connectivity index (χ0) is 25.7. The van der Waals surface area contributed by atoms with Crippen LogP contribution in [-0.2, 0) is 16.2 Å². The van der Waals surface area contributed by atoms with Gasteiger partial charge in [-0.1, -0.05) is 51.7 Å². The topological polar surface area (TPSA) is 84.9 Å². The van der Waals surface area contributed by atoms with Crippen LogP contribution >= 0.6 is 27.5 Å². The molecule has 1 saturated heterocycles. The maximum atomic E-state index is 13.2. The van der Waals surface area contributed by atoms with Crippen LogP contribution < -0.4 is 19.7 Å². The first-order valence-corrected chi connectivity index (χ1v) is 11.8. The Bertz CT molecular complexity index is 1410. The van der Waals surface area contributed by atoms with E-state index in [1.165, 1.54) is 6.08 Å². The first kappa shape index (κ1) is 25.0. The first-order chi connectivity index (χ1) is 17.4. The molecule has 4 rings (SSSR count). The van der Waals surface area contributed by atoms with Crippen molar-refractivity contribution in [2.24, 2.45) is 0 Å². The monoisotopic (exact) mass is 564 g/mol. The minimum atomic E-state index is -0.857. The van der Waals surface area contributed by atoms with Gasteiger partial charge in [0.2, 0.25) is 0 Å². The van der Waals surface area contributed by atoms with Gasteiger partial charge >= 0.3 is 6.03 Å². The number of benzene rings is 3. The van der Waals surface area contributed by atoms with Crippen LogP contribution in [0.5, 0.6) is 11.5 Å². The van der Waals surface area contributed by atoms with E-state index >= 15 is 0 Å². The molecule has 0 aromatic heterocycles. The van der Waals surface area contributed by atoms with Crippen molar-refractivity contribution in [2.45, 2.75) is 6.61 Å². The molecule has 36 heavy (non-hydrogen) atoms. The predicted octanol–water partition coefficient (Wildman–Crippen LogP) is 5.36. The molecule has 1 heterocycles. The van der Waals surface area contributed by atoms with Crippen LogP contribution in [0.25, 0.3) is 6.08 Å². The highest BCUT2D eigenvalue weighted by Crippen LogP contribution is 2.29. The third-order valence-corrected chi connectivity index (χ3v) is 5.99. The summed E-state index contributed by atoms with van der Waals surface area (Å²) < 4.78 is 12.0. The highest BCUT2D eigenvalue weighted by molar-refractivity contribution is 9.10. The predicted molar refractivity (Wildman–Crippen MR) is 140 cm³/mol. The number of hydrogen-bond donors (Lipinski definition) is 1. The Balaban J connectivity index is 1.57. The second-order valence-corrected chi connectivity index (χ2v) is 8.83. The Morgan fingerprint density at radius 2 is 1.78 bits per heavy atom. The fraction of sp³-hybridized carbons (Fsp3) is 0.0741. The van der Waals surface area contributed by atoms with Gasteiger partial charge in [0.25, 0.3) is 11.8 Å². The smallest absolute Gasteiger partial charge is 0.335 e. The normalized spacial score (nSPS) is 14.4. The lowest BCUT2D eigenvalue weighted by Gasteiger charge is -2.26. The van der Waals surface area contributed by atoms with E-state index < -0.39 is 17.8 Å². The van der Waals surface area contributed by atoms with E-state index in [2.05, 4.69) is 27.2 Å². The van der Waals surface area contributed by atoms with E-state index in [-0.39, 0.29) is 24.5 Å². The van der Waals surface area contributed by atoms with Crippen LogP contribution in [0.1, 0.15) is 11.1 Å². The number of carbonyl (C=O) groups is 3. The molecule has 4 amide bonds. The third kappa shape index (κ3) is 5.60. The molecule has 0 radical (unpaired) electrons. The van der Waals surface area contributed by atoms with Crippen molar-refractivity contribution in [1.82, 2.24) is 5.32 Å². The van der Waals surface area contributed by atoms with Crippen LogP contribution in [0.15, 0.2) is 76.8 Å². The van der Waals surface area contributed by atoms with Gasteiger partial charge in [0.05, 0.1) is 5.69 Å². The molecule has 9 heteroatoms. The largest absolute Gasteiger partial charge is 0.489 e. The van der Waals surface area contributed by atoms with Crippen molar-refractivity contribution in [2.75, 3.05) is 11.5 Å². The minimum absolute atomic E-state index is 0.00740. The van der Waals surface area contributed by atoms with Crippen LogP contribution in [0.4, 0.5) is 10.5 Å². The molecule has 0 spiro atoms. The summed E-state index contributed by atoms with van der Waals surface area (Å²) in [6.07, 6.45) is 6.63. The fourth-order valence-electron chi connectivity index (χ4n) is 3.40. The molecule has 7 nitrogen and oxygen atoms in total. The second-order valence-electron chi connectivity index (χ2n) is 7.51. The third-order valence-electron chi connectivity index (χ3n) is 5.13. The molecule has 0 atom stereocenters. The fourth-order valence-corrected chi connectivity index (χ4v) is 3.97. The molecule has 3 aromatic rings. The lowest BCUT2D eigenvalue weighted by molar-refractivity contribution is -0.122. The lowest BCUT2D eigenvalue weighted by atomic mass is 10.1. The summed E-state index contributed by atoms with van der Waals surface area (Å²) in [7, 11) is 0. The summed E-state index contributed by atoms with van der Waals surface area (Å²) in [5, 5.41) is 2.79. The van der Waals surface area contributed by atoms with Crippen molar-refractivity contribution in [3.8, 4) is 23.8 Å². The highest BCUT2D eigenvalue weighted by Gasteiger charge is 2.37. The molecule has 0 saturated carbocycles. The van der Waals surface area contributed by atoms with E-state index in [4.69, 9.17) is 27.5 Å². The van der Waals surface area contributed by atoms with Gasteiger partial charge in [0.1, 0.15) is 30.3 Å². The van der Waals surface area contributed by atoms with Crippen LogP contribution in [-0.4, -0.2) is 24.5 Å². The number of carbonyl (C=O) groups excluding carboxylic acids is 3. The SMILES string of the molecule is C#CCOc1ccc(Br)cc1/C=C1\C(=O)NC(=O)N(c2ccc(OCc3ccccc3Cl)cc2)C1=O. The Morgan fingerprint density at radius 1 is 1.03 bits per heavy atom. The van der Waals surface area contributed by atoms with Crippen molar-refractivity contribution in [3.05, 3.63) is 92.9 Å². The van der Waals surface area contributed by atoms with Gasteiger partial charge in [0.15, 0.2) is 0 Å². The van der Waals surface area contributed by atoms with Crippen molar-refractivity contribution < 1.29 is 23.9 Å². The number of halogens is 2. The molecule has 1 aliphatic heterocycles. The standard InChI is InChI=1S/C27H18BrClN2O5/c1-2-13-35-24-12-7-19(28)14-18(24)15-22-25(32)30-27(34)31(26(22)33)20-8-10-21(11-9-20)36-16-17-5-3-4-6-23(17)29/h1,3-12,14-15H,13,16H2,(H,30,32,34)/b22-15+. The van der Waals surface area contributed by atoms with Gasteiger partial charge in [-0.05, 0) is 54.6 Å². The molecule has 1 fully saturated rings. The molecule has 0 unspecified atom stereocenters. The summed E-state index contributed by atoms with van der Waals surface area (Å²) >= 11 is 9.52. The summed E-state index contributed by atoms with van der Waals surface area (Å²) in [6.45, 7) is 0.258. The number of imide groups is 2. The number of hydrogen-bond acceptors (Lipinski definition) is 5. The van der Waals surface area contributed by atoms with Gasteiger partial charge in [0, 0.05) is 20.6 Å². The lowest BCUT2D eigenvalue weighted by Crippen LogP contribution is -2.54. The zero-order valence-corrected chi connectivity index (χ0v) is 21.0. The number of terminal acetylenes is 1. The number of nitrogens with one attached hydrogen (secondary N) is 1. The maximum Gasteiger partial charge on any atom is 0.335 e. The van der Waals surface area contributed by atoms with E-state index in [1.54, 1.807) is 48.5 Å². The first-order valence-electron chi connectivity index (χ1n) is 10.6. The number of ether oxygens (including phenoxy) is 2. The molecule has 0 aliphatic carbocycles. The van der Waals surface area contributed by atoms with E-state index in [9.17, 15) is 14.4 Å². The molecule has 3 aromatic carbocycles. The Kier molecular flexibility index (Phi) is 7.74. The number of barbiturate groups is 1. The second kappa shape index (κ2) is 11.1. The number of nitrogens with zero attached hydrogens (tertiary/aromatic N) is 1. The van der Waals surface area contributed by atoms with Gasteiger partial charge < -0.3 is 9.47 Å². The minimum Gasteiger partial charge on any atom is -0.489 e. The number of rotatable bonds is 7. The average molecular weight is 566 g/mol. The van der Waals surface area contributed by atoms with E-state index in [0.29, 0.717) is 26.6 Å². The summed E-state index contributed by atoms with van der Waals surface area (Å²) in [4.78, 5) is 39.2. The zero-order valence-electron chi connectivity index (χ0n) is 18.7. The molecule has 180 valence electrons. The molecule has 1 N–H and O–H groups in total. The quantitative estimate of drug-likeness (QED) is 0.237. The molecule has 1 aliphatic rings. The Hall–Kier alpha value is -4.06. The average Bonchev–Trinajstić information content (AvgIpc) is 2.86. The summed E-state index contributed by atoms with van der Waals surface area (Å²) in [5.41, 5.74) is 1.28. The summed E-state index contributed by atoms with van der Waals surface area (Å²) in [5.74, 6) is 1.67. The molecule has 0 bridgehead atoms. The van der Waals surface area contributed by atoms with Gasteiger partial charge in [-0.2, -0.15) is 0 Å². The number of amides is 4. The Labute approximate surface area is 220 Å². The van der Waals surface area contributed by atoms with Gasteiger partial charge in [-0.15, -0.1) is 6.42 Å². The maximum absolute atomic E-state index is 13.2. The Morgan fingerprint density at radius 3 is 2.50 bits per heavy atom. The molecular formula is C27H18BrClN2O5. The van der Waals surface area contributed by atoms with E-state index in [0.717, 1.165) is 10.5 Å². The number of urea groups is 1. The van der Waals surface area contributed by atoms with E-state index in [1.807, 2.05) is 18.2 Å². The number of anilines is 1.